The summed E-state index contributed by atoms with van der Waals surface area (Å²) < 4.78 is 6.68. The number of benzene rings is 7. The molecule has 0 N–H and O–H groups in total. The van der Waals surface area contributed by atoms with Crippen molar-refractivity contribution in [2.75, 3.05) is 0 Å². The zero-order valence-corrected chi connectivity index (χ0v) is 30.2. The summed E-state index contributed by atoms with van der Waals surface area (Å²) in [6.45, 7) is 0. The maximum absolute atomic E-state index is 6.68. The first-order chi connectivity index (χ1) is 27.7. The van der Waals surface area contributed by atoms with Crippen molar-refractivity contribution in [3.8, 4) is 79.2 Å². The molecule has 5 nitrogen and oxygen atoms in total. The van der Waals surface area contributed by atoms with Crippen molar-refractivity contribution < 1.29 is 4.74 Å². The molecular formula is C51H32N4O. The summed E-state index contributed by atoms with van der Waals surface area (Å²) >= 11 is 0. The SMILES string of the molecule is c1ccc(-c2nc(-c3ccccc3)nc(-c3ccc4c(c3)C3(c5ccccc5Oc5ccccc53)c3cc(-c5cccc(-c6ccccn6)c5)ccc3-4)n2)cc1. The summed E-state index contributed by atoms with van der Waals surface area (Å²) in [6, 6.07) is 65.5. The third-order valence-corrected chi connectivity index (χ3v) is 11.1. The molecule has 9 aromatic rings. The second-order valence-electron chi connectivity index (χ2n) is 14.2. The van der Waals surface area contributed by atoms with Gasteiger partial charge in [0.25, 0.3) is 0 Å². The number of hydrogen-bond acceptors (Lipinski definition) is 5. The number of ether oxygens (including phenoxy) is 1. The average molecular weight is 717 g/mol. The molecule has 1 spiro atoms. The predicted octanol–water partition coefficient (Wildman–Crippen LogP) is 12.1. The summed E-state index contributed by atoms with van der Waals surface area (Å²) in [7, 11) is 0. The lowest BCUT2D eigenvalue weighted by Crippen LogP contribution is -2.32. The molecule has 2 aliphatic rings. The highest BCUT2D eigenvalue weighted by Crippen LogP contribution is 2.62. The lowest BCUT2D eigenvalue weighted by molar-refractivity contribution is 0.436. The molecule has 0 atom stereocenters. The van der Waals surface area contributed by atoms with Gasteiger partial charge in [0.2, 0.25) is 0 Å². The van der Waals surface area contributed by atoms with Gasteiger partial charge in [0, 0.05) is 39.6 Å². The molecule has 11 rings (SSSR count). The third-order valence-electron chi connectivity index (χ3n) is 11.1. The van der Waals surface area contributed by atoms with Crippen LogP contribution in [0.5, 0.6) is 11.5 Å². The Bertz CT molecular complexity index is 2840. The fourth-order valence-electron chi connectivity index (χ4n) is 8.55. The van der Waals surface area contributed by atoms with E-state index in [9.17, 15) is 0 Å². The van der Waals surface area contributed by atoms with Gasteiger partial charge in [-0.15, -0.1) is 0 Å². The van der Waals surface area contributed by atoms with Gasteiger partial charge in [-0.1, -0.05) is 146 Å². The van der Waals surface area contributed by atoms with Crippen molar-refractivity contribution in [3.63, 3.8) is 0 Å². The van der Waals surface area contributed by atoms with Gasteiger partial charge in [-0.3, -0.25) is 4.98 Å². The van der Waals surface area contributed by atoms with Crippen LogP contribution in [-0.4, -0.2) is 19.9 Å². The van der Waals surface area contributed by atoms with Gasteiger partial charge in [-0.05, 0) is 75.8 Å². The van der Waals surface area contributed by atoms with E-state index < -0.39 is 5.41 Å². The smallest absolute Gasteiger partial charge is 0.164 e. The van der Waals surface area contributed by atoms with Crippen molar-refractivity contribution in [3.05, 3.63) is 217 Å². The van der Waals surface area contributed by atoms with E-state index in [-0.39, 0.29) is 0 Å². The summed E-state index contributed by atoms with van der Waals surface area (Å²) in [4.78, 5) is 19.9. The monoisotopic (exact) mass is 716 g/mol. The van der Waals surface area contributed by atoms with Crippen molar-refractivity contribution in [2.24, 2.45) is 0 Å². The number of nitrogens with zero attached hydrogens (tertiary/aromatic N) is 4. The Labute approximate surface area is 324 Å². The maximum atomic E-state index is 6.68. The van der Waals surface area contributed by atoms with E-state index in [0.717, 1.165) is 67.3 Å². The quantitative estimate of drug-likeness (QED) is 0.177. The molecule has 0 unspecified atom stereocenters. The van der Waals surface area contributed by atoms with Crippen LogP contribution in [0.25, 0.3) is 67.7 Å². The minimum atomic E-state index is -0.682. The molecule has 0 bridgehead atoms. The minimum absolute atomic E-state index is 0.618. The molecule has 0 saturated carbocycles. The fraction of sp³-hybridized carbons (Fsp3) is 0.0196. The zero-order valence-electron chi connectivity index (χ0n) is 30.2. The van der Waals surface area contributed by atoms with Crippen molar-refractivity contribution in [1.29, 1.82) is 0 Å². The van der Waals surface area contributed by atoms with Crippen LogP contribution < -0.4 is 4.74 Å². The lowest BCUT2D eigenvalue weighted by atomic mass is 9.65. The van der Waals surface area contributed by atoms with Gasteiger partial charge >= 0.3 is 0 Å². The largest absolute Gasteiger partial charge is 0.457 e. The van der Waals surface area contributed by atoms with Gasteiger partial charge in [0.1, 0.15) is 11.5 Å². The number of hydrogen-bond donors (Lipinski definition) is 0. The van der Waals surface area contributed by atoms with Crippen LogP contribution in [0, 0.1) is 0 Å². The van der Waals surface area contributed by atoms with Gasteiger partial charge in [0.15, 0.2) is 17.5 Å². The first-order valence-electron chi connectivity index (χ1n) is 18.8. The number of aromatic nitrogens is 4. The lowest BCUT2D eigenvalue weighted by Gasteiger charge is -2.39. The highest BCUT2D eigenvalue weighted by Gasteiger charge is 2.51. The predicted molar refractivity (Wildman–Crippen MR) is 222 cm³/mol. The molecule has 1 aliphatic carbocycles. The molecular weight excluding hydrogens is 685 g/mol. The summed E-state index contributed by atoms with van der Waals surface area (Å²) in [6.07, 6.45) is 1.84. The van der Waals surface area contributed by atoms with Crippen LogP contribution in [-0.2, 0) is 5.41 Å². The molecule has 262 valence electrons. The second-order valence-corrected chi connectivity index (χ2v) is 14.2. The molecule has 3 heterocycles. The standard InChI is InChI=1S/C51H32N4O/c1-3-14-33(15-4-1)48-53-49(34-16-5-2-6-17-34)55-50(54-48)38-26-28-40-39-27-25-36(35-18-13-19-37(30-35)45-22-11-12-29-52-45)31-43(39)51(44(40)32-38)41-20-7-9-23-46(41)56-47-24-10-8-21-42(47)51/h1-32H. The Morgan fingerprint density at radius 1 is 0.339 bits per heavy atom. The molecule has 0 radical (unpaired) electrons. The van der Waals surface area contributed by atoms with Gasteiger partial charge < -0.3 is 4.74 Å². The Hall–Kier alpha value is -7.50. The molecule has 2 aromatic heterocycles. The average Bonchev–Trinajstić information content (AvgIpc) is 3.56. The van der Waals surface area contributed by atoms with Crippen LogP contribution in [0.1, 0.15) is 22.3 Å². The number of rotatable bonds is 5. The fourth-order valence-corrected chi connectivity index (χ4v) is 8.55. The normalized spacial score (nSPS) is 12.9. The van der Waals surface area contributed by atoms with Gasteiger partial charge in [-0.2, -0.15) is 0 Å². The Morgan fingerprint density at radius 2 is 0.821 bits per heavy atom. The Morgan fingerprint density at radius 3 is 1.43 bits per heavy atom. The van der Waals surface area contributed by atoms with Crippen LogP contribution in [0.15, 0.2) is 194 Å². The summed E-state index contributed by atoms with van der Waals surface area (Å²) in [5.74, 6) is 3.57. The van der Waals surface area contributed by atoms with E-state index in [2.05, 4.69) is 108 Å². The molecule has 0 amide bonds. The number of pyridine rings is 1. The van der Waals surface area contributed by atoms with Crippen LogP contribution in [0.3, 0.4) is 0 Å². The summed E-state index contributed by atoms with van der Waals surface area (Å²) in [5.41, 5.74) is 13.3. The van der Waals surface area contributed by atoms with Gasteiger partial charge in [-0.25, -0.2) is 15.0 Å². The molecule has 1 aliphatic heterocycles. The highest BCUT2D eigenvalue weighted by atomic mass is 16.5. The Kier molecular flexibility index (Phi) is 7.32. The topological polar surface area (TPSA) is 60.8 Å². The zero-order chi connectivity index (χ0) is 37.1. The Balaban J connectivity index is 1.16. The molecule has 0 saturated heterocycles. The minimum Gasteiger partial charge on any atom is -0.457 e. The van der Waals surface area contributed by atoms with Crippen LogP contribution in [0.4, 0.5) is 0 Å². The first kappa shape index (κ1) is 32.0. The van der Waals surface area contributed by atoms with Crippen LogP contribution >= 0.6 is 0 Å². The maximum Gasteiger partial charge on any atom is 0.164 e. The van der Waals surface area contributed by atoms with Crippen molar-refractivity contribution >= 4 is 0 Å². The number of fused-ring (bicyclic) bond motifs is 9. The second kappa shape index (κ2) is 12.8. The van der Waals surface area contributed by atoms with E-state index in [0.29, 0.717) is 17.5 Å². The van der Waals surface area contributed by atoms with E-state index >= 15 is 0 Å². The summed E-state index contributed by atoms with van der Waals surface area (Å²) in [5, 5.41) is 0. The molecule has 56 heavy (non-hydrogen) atoms. The number of para-hydroxylation sites is 2. The third kappa shape index (κ3) is 5.02. The van der Waals surface area contributed by atoms with E-state index in [4.69, 9.17) is 19.7 Å². The van der Waals surface area contributed by atoms with Gasteiger partial charge in [0.05, 0.1) is 11.1 Å². The molecule has 5 heteroatoms. The van der Waals surface area contributed by atoms with E-state index in [1.807, 2.05) is 91.1 Å². The molecule has 7 aromatic carbocycles. The van der Waals surface area contributed by atoms with E-state index in [1.54, 1.807) is 0 Å². The van der Waals surface area contributed by atoms with E-state index in [1.165, 1.54) is 16.7 Å². The van der Waals surface area contributed by atoms with Crippen molar-refractivity contribution in [2.45, 2.75) is 5.41 Å². The first-order valence-corrected chi connectivity index (χ1v) is 18.8. The van der Waals surface area contributed by atoms with Crippen molar-refractivity contribution in [1.82, 2.24) is 19.9 Å². The van der Waals surface area contributed by atoms with Crippen LogP contribution in [0.2, 0.25) is 0 Å². The molecule has 0 fully saturated rings. The highest BCUT2D eigenvalue weighted by molar-refractivity contribution is 5.92.